The molecule has 4 rings (SSSR count). The Labute approximate surface area is 138 Å². The van der Waals surface area contributed by atoms with E-state index in [9.17, 15) is 0 Å². The summed E-state index contributed by atoms with van der Waals surface area (Å²) >= 11 is 0. The summed E-state index contributed by atoms with van der Waals surface area (Å²) in [5, 5.41) is 0. The van der Waals surface area contributed by atoms with Crippen LogP contribution in [0.15, 0.2) is 84.0 Å². The van der Waals surface area contributed by atoms with Crippen LogP contribution in [-0.4, -0.2) is 0 Å². The molecule has 0 saturated heterocycles. The number of benzene rings is 2. The van der Waals surface area contributed by atoms with E-state index in [0.29, 0.717) is 5.92 Å². The molecule has 0 amide bonds. The fraction of sp³-hybridized carbons (Fsp3) is 0.217. The largest absolute Gasteiger partial charge is 0.0764 e. The summed E-state index contributed by atoms with van der Waals surface area (Å²) < 4.78 is 0. The highest BCUT2D eigenvalue weighted by Crippen LogP contribution is 2.40. The lowest BCUT2D eigenvalue weighted by molar-refractivity contribution is 0.770. The molecule has 1 atom stereocenters. The molecule has 2 aliphatic carbocycles. The van der Waals surface area contributed by atoms with Crippen LogP contribution in [-0.2, 0) is 0 Å². The Morgan fingerprint density at radius 1 is 0.870 bits per heavy atom. The van der Waals surface area contributed by atoms with Gasteiger partial charge in [0.25, 0.3) is 0 Å². The molecule has 2 aliphatic rings. The van der Waals surface area contributed by atoms with E-state index in [1.807, 2.05) is 0 Å². The summed E-state index contributed by atoms with van der Waals surface area (Å²) in [6, 6.07) is 21.5. The van der Waals surface area contributed by atoms with Gasteiger partial charge in [0.05, 0.1) is 0 Å². The fourth-order valence-electron chi connectivity index (χ4n) is 3.81. The maximum absolute atomic E-state index is 2.42. The molecule has 0 spiro atoms. The van der Waals surface area contributed by atoms with Gasteiger partial charge in [0.15, 0.2) is 0 Å². The summed E-state index contributed by atoms with van der Waals surface area (Å²) in [4.78, 5) is 0. The molecule has 2 aromatic rings. The minimum absolute atomic E-state index is 0.495. The van der Waals surface area contributed by atoms with Gasteiger partial charge in [-0.05, 0) is 48.0 Å². The predicted octanol–water partition coefficient (Wildman–Crippen LogP) is 6.28. The lowest BCUT2D eigenvalue weighted by Crippen LogP contribution is -2.06. The van der Waals surface area contributed by atoms with E-state index in [-0.39, 0.29) is 0 Å². The van der Waals surface area contributed by atoms with Crippen LogP contribution >= 0.6 is 0 Å². The van der Waals surface area contributed by atoms with Gasteiger partial charge in [-0.3, -0.25) is 0 Å². The van der Waals surface area contributed by atoms with Crippen LogP contribution in [0.1, 0.15) is 36.8 Å². The van der Waals surface area contributed by atoms with Crippen molar-refractivity contribution in [3.05, 3.63) is 95.1 Å². The van der Waals surface area contributed by atoms with Crippen molar-refractivity contribution >= 4 is 11.6 Å². The highest BCUT2D eigenvalue weighted by Gasteiger charge is 2.23. The molecule has 114 valence electrons. The maximum atomic E-state index is 2.42. The molecule has 0 heteroatoms. The van der Waals surface area contributed by atoms with Crippen LogP contribution < -0.4 is 0 Å². The highest BCUT2D eigenvalue weighted by molar-refractivity contribution is 5.84. The van der Waals surface area contributed by atoms with Crippen molar-refractivity contribution < 1.29 is 0 Å². The first kappa shape index (κ1) is 14.3. The number of allylic oxidation sites excluding steroid dienone is 5. The van der Waals surface area contributed by atoms with Crippen LogP contribution in [0.3, 0.4) is 0 Å². The third kappa shape index (κ3) is 3.07. The van der Waals surface area contributed by atoms with Crippen molar-refractivity contribution in [2.45, 2.75) is 25.7 Å². The first-order chi connectivity index (χ1) is 11.4. The van der Waals surface area contributed by atoms with E-state index in [0.717, 1.165) is 0 Å². The second-order valence-corrected chi connectivity index (χ2v) is 6.53. The Morgan fingerprint density at radius 3 is 2.39 bits per heavy atom. The topological polar surface area (TPSA) is 0 Å². The summed E-state index contributed by atoms with van der Waals surface area (Å²) in [6.07, 6.45) is 12.3. The summed E-state index contributed by atoms with van der Waals surface area (Å²) in [5.74, 6) is 0.495. The smallest absolute Gasteiger partial charge is 0.00647 e. The van der Waals surface area contributed by atoms with Crippen molar-refractivity contribution in [3.63, 3.8) is 0 Å². The Kier molecular flexibility index (Phi) is 3.98. The van der Waals surface area contributed by atoms with Gasteiger partial charge in [0.1, 0.15) is 0 Å². The molecule has 0 aliphatic heterocycles. The number of hydrogen-bond acceptors (Lipinski definition) is 0. The zero-order valence-electron chi connectivity index (χ0n) is 13.4. The van der Waals surface area contributed by atoms with Crippen LogP contribution in [0.25, 0.3) is 11.6 Å². The molecular formula is C23H22. The Hall–Kier alpha value is -2.34. The van der Waals surface area contributed by atoms with Crippen molar-refractivity contribution in [1.82, 2.24) is 0 Å². The molecular weight excluding hydrogens is 276 g/mol. The minimum Gasteiger partial charge on any atom is -0.0764 e. The van der Waals surface area contributed by atoms with Gasteiger partial charge in [-0.1, -0.05) is 84.5 Å². The molecule has 0 aromatic heterocycles. The highest BCUT2D eigenvalue weighted by atomic mass is 14.3. The number of rotatable bonds is 3. The Bertz CT molecular complexity index is 760. The third-order valence-electron chi connectivity index (χ3n) is 5.00. The average Bonchev–Trinajstić information content (AvgIpc) is 3.09. The molecule has 0 radical (unpaired) electrons. The van der Waals surface area contributed by atoms with Gasteiger partial charge in [0.2, 0.25) is 0 Å². The lowest BCUT2D eigenvalue weighted by Gasteiger charge is -2.22. The molecule has 2 aromatic carbocycles. The summed E-state index contributed by atoms with van der Waals surface area (Å²) in [5.41, 5.74) is 7.35. The molecule has 0 saturated carbocycles. The molecule has 0 fully saturated rings. The van der Waals surface area contributed by atoms with E-state index in [4.69, 9.17) is 0 Å². The quantitative estimate of drug-likeness (QED) is 0.585. The lowest BCUT2D eigenvalue weighted by atomic mass is 9.82. The van der Waals surface area contributed by atoms with Crippen molar-refractivity contribution in [3.8, 4) is 0 Å². The second-order valence-electron chi connectivity index (χ2n) is 6.53. The monoisotopic (exact) mass is 298 g/mol. The van der Waals surface area contributed by atoms with E-state index in [1.54, 1.807) is 11.1 Å². The molecule has 0 bridgehead atoms. The molecule has 23 heavy (non-hydrogen) atoms. The first-order valence-corrected chi connectivity index (χ1v) is 8.61. The standard InChI is InChI=1S/C23H22/c1-3-8-18(9-4-1)16-23(20-10-5-2-6-11-20)22-15-14-19-12-7-13-21(19)17-22/h1-6,8-11,14-16,22H,7,12-13,17H2/b23-16-. The van der Waals surface area contributed by atoms with Gasteiger partial charge in [-0.25, -0.2) is 0 Å². The van der Waals surface area contributed by atoms with Crippen molar-refractivity contribution in [2.24, 2.45) is 5.92 Å². The molecule has 0 nitrogen and oxygen atoms in total. The molecule has 0 heterocycles. The number of hydrogen-bond donors (Lipinski definition) is 0. The average molecular weight is 298 g/mol. The minimum atomic E-state index is 0.495. The third-order valence-corrected chi connectivity index (χ3v) is 5.00. The Balaban J connectivity index is 1.72. The van der Waals surface area contributed by atoms with E-state index < -0.39 is 0 Å². The predicted molar refractivity (Wildman–Crippen MR) is 98.9 cm³/mol. The van der Waals surface area contributed by atoms with Gasteiger partial charge < -0.3 is 0 Å². The SMILES string of the molecule is C1=CC(/C(=C\c2ccccc2)c2ccccc2)CC2=C1CCC2. The molecule has 1 unspecified atom stereocenters. The van der Waals surface area contributed by atoms with Crippen LogP contribution in [0.2, 0.25) is 0 Å². The van der Waals surface area contributed by atoms with Gasteiger partial charge in [-0.15, -0.1) is 0 Å². The second kappa shape index (κ2) is 6.42. The van der Waals surface area contributed by atoms with Crippen LogP contribution in [0, 0.1) is 5.92 Å². The van der Waals surface area contributed by atoms with Crippen LogP contribution in [0.5, 0.6) is 0 Å². The summed E-state index contributed by atoms with van der Waals surface area (Å²) in [6.45, 7) is 0. The normalized spacial score (nSPS) is 20.7. The van der Waals surface area contributed by atoms with Crippen molar-refractivity contribution in [1.29, 1.82) is 0 Å². The zero-order valence-corrected chi connectivity index (χ0v) is 13.4. The molecule has 0 N–H and O–H groups in total. The van der Waals surface area contributed by atoms with E-state index >= 15 is 0 Å². The van der Waals surface area contributed by atoms with Gasteiger partial charge in [-0.2, -0.15) is 0 Å². The van der Waals surface area contributed by atoms with Crippen LogP contribution in [0.4, 0.5) is 0 Å². The van der Waals surface area contributed by atoms with Gasteiger partial charge >= 0.3 is 0 Å². The van der Waals surface area contributed by atoms with Crippen molar-refractivity contribution in [2.75, 3.05) is 0 Å². The fourth-order valence-corrected chi connectivity index (χ4v) is 3.81. The maximum Gasteiger partial charge on any atom is 0.00647 e. The zero-order chi connectivity index (χ0) is 15.5. The first-order valence-electron chi connectivity index (χ1n) is 8.61. The summed E-state index contributed by atoms with van der Waals surface area (Å²) in [7, 11) is 0. The van der Waals surface area contributed by atoms with E-state index in [1.165, 1.54) is 42.4 Å². The Morgan fingerprint density at radius 2 is 1.61 bits per heavy atom. The van der Waals surface area contributed by atoms with E-state index in [2.05, 4.69) is 78.9 Å². The van der Waals surface area contributed by atoms with Gasteiger partial charge in [0, 0.05) is 5.92 Å².